The van der Waals surface area contributed by atoms with E-state index in [2.05, 4.69) is 20.6 Å². The number of hydrogen-bond donors (Lipinski definition) is 3. The zero-order valence-electron chi connectivity index (χ0n) is 19.5. The highest BCUT2D eigenvalue weighted by molar-refractivity contribution is 5.78. The Morgan fingerprint density at radius 1 is 1.09 bits per heavy atom. The molecule has 0 bridgehead atoms. The lowest BCUT2D eigenvalue weighted by atomic mass is 9.85. The normalized spacial score (nSPS) is 23.9. The standard InChI is InChI=1S/C24H30N4O6/c1-24(2,11-20(30)31)10-19(29)26-17-12-33-22-18(13-34-21(17)22)28-23-25-9-8-16(27-23)14-4-6-15(32-3)7-5-14/h4-9,17-18,21-22H,10-13H2,1-3H3,(H,26,29)(H,30,31)(H,25,27,28)/t17-,18+,21-,22+/m1/s1. The van der Waals surface area contributed by atoms with Crippen LogP contribution in [0.2, 0.25) is 0 Å². The number of aromatic nitrogens is 2. The molecule has 1 amide bonds. The summed E-state index contributed by atoms with van der Waals surface area (Å²) in [6.45, 7) is 4.25. The Kier molecular flexibility index (Phi) is 6.99. The predicted molar refractivity (Wildman–Crippen MR) is 123 cm³/mol. The number of carboxylic acids is 1. The Morgan fingerprint density at radius 2 is 1.76 bits per heavy atom. The summed E-state index contributed by atoms with van der Waals surface area (Å²) in [5.41, 5.74) is 1.08. The molecule has 10 nitrogen and oxygen atoms in total. The summed E-state index contributed by atoms with van der Waals surface area (Å²) in [7, 11) is 1.62. The van der Waals surface area contributed by atoms with Crippen molar-refractivity contribution in [3.8, 4) is 17.0 Å². The molecule has 1 aromatic carbocycles. The Bertz CT molecular complexity index is 1030. The van der Waals surface area contributed by atoms with E-state index < -0.39 is 11.4 Å². The van der Waals surface area contributed by atoms with Gasteiger partial charge in [0.25, 0.3) is 0 Å². The van der Waals surface area contributed by atoms with E-state index in [1.54, 1.807) is 27.2 Å². The van der Waals surface area contributed by atoms with Crippen LogP contribution in [0.5, 0.6) is 5.75 Å². The van der Waals surface area contributed by atoms with E-state index in [9.17, 15) is 9.59 Å². The van der Waals surface area contributed by atoms with Gasteiger partial charge < -0.3 is 30.0 Å². The summed E-state index contributed by atoms with van der Waals surface area (Å²) in [5, 5.41) is 15.3. The molecule has 34 heavy (non-hydrogen) atoms. The molecule has 0 aliphatic carbocycles. The fourth-order valence-corrected chi connectivity index (χ4v) is 4.43. The summed E-state index contributed by atoms with van der Waals surface area (Å²) < 4.78 is 17.1. The Hall–Kier alpha value is -3.24. The number of carbonyl (C=O) groups excluding carboxylic acids is 1. The Balaban J connectivity index is 1.35. The molecule has 3 heterocycles. The largest absolute Gasteiger partial charge is 0.497 e. The number of ether oxygens (including phenoxy) is 3. The van der Waals surface area contributed by atoms with Gasteiger partial charge in [0.1, 0.15) is 18.0 Å². The number of benzene rings is 1. The SMILES string of the molecule is COc1ccc(-c2ccnc(N[C@H]3CO[C@H]4[C@H]3OC[C@H]4NC(=O)CC(C)(C)CC(=O)O)n2)cc1. The second kappa shape index (κ2) is 9.94. The first-order chi connectivity index (χ1) is 16.2. The first kappa shape index (κ1) is 23.9. The lowest BCUT2D eigenvalue weighted by Gasteiger charge is -2.24. The van der Waals surface area contributed by atoms with E-state index in [-0.39, 0.29) is 43.0 Å². The third-order valence-corrected chi connectivity index (χ3v) is 6.02. The first-order valence-electron chi connectivity index (χ1n) is 11.2. The molecule has 4 atom stereocenters. The number of hydrogen-bond acceptors (Lipinski definition) is 8. The number of aliphatic carboxylic acids is 1. The highest BCUT2D eigenvalue weighted by atomic mass is 16.6. The number of carboxylic acid groups (broad SMARTS) is 1. The number of amides is 1. The van der Waals surface area contributed by atoms with Crippen molar-refractivity contribution in [2.24, 2.45) is 5.41 Å². The fraction of sp³-hybridized carbons (Fsp3) is 0.500. The van der Waals surface area contributed by atoms with Crippen molar-refractivity contribution in [1.82, 2.24) is 15.3 Å². The van der Waals surface area contributed by atoms with Crippen LogP contribution in [0.3, 0.4) is 0 Å². The number of nitrogens with one attached hydrogen (secondary N) is 2. The van der Waals surface area contributed by atoms with Gasteiger partial charge in [0.05, 0.1) is 44.5 Å². The van der Waals surface area contributed by atoms with Crippen LogP contribution >= 0.6 is 0 Å². The van der Waals surface area contributed by atoms with Crippen molar-refractivity contribution < 1.29 is 28.9 Å². The minimum Gasteiger partial charge on any atom is -0.497 e. The number of carbonyl (C=O) groups is 2. The highest BCUT2D eigenvalue weighted by Gasteiger charge is 2.48. The second-order valence-corrected chi connectivity index (χ2v) is 9.43. The zero-order valence-corrected chi connectivity index (χ0v) is 19.5. The maximum Gasteiger partial charge on any atom is 0.303 e. The van der Waals surface area contributed by atoms with Gasteiger partial charge in [0.2, 0.25) is 11.9 Å². The van der Waals surface area contributed by atoms with Gasteiger partial charge in [-0.05, 0) is 35.7 Å². The lowest BCUT2D eigenvalue weighted by Crippen LogP contribution is -2.45. The molecule has 182 valence electrons. The number of fused-ring (bicyclic) bond motifs is 1. The fourth-order valence-electron chi connectivity index (χ4n) is 4.43. The molecule has 3 N–H and O–H groups in total. The summed E-state index contributed by atoms with van der Waals surface area (Å²) in [6.07, 6.45) is 1.17. The number of anilines is 1. The minimum atomic E-state index is -0.923. The average Bonchev–Trinajstić information content (AvgIpc) is 3.36. The van der Waals surface area contributed by atoms with Gasteiger partial charge in [0, 0.05) is 18.2 Å². The molecule has 2 aromatic rings. The monoisotopic (exact) mass is 470 g/mol. The topological polar surface area (TPSA) is 132 Å². The van der Waals surface area contributed by atoms with E-state index >= 15 is 0 Å². The summed E-state index contributed by atoms with van der Waals surface area (Å²) in [5.74, 6) is 0.106. The van der Waals surface area contributed by atoms with Gasteiger partial charge in [-0.15, -0.1) is 0 Å². The molecule has 0 unspecified atom stereocenters. The smallest absolute Gasteiger partial charge is 0.303 e. The number of rotatable bonds is 9. The van der Waals surface area contributed by atoms with Crippen LogP contribution in [0, 0.1) is 5.41 Å². The average molecular weight is 471 g/mol. The predicted octanol–water partition coefficient (Wildman–Crippen LogP) is 2.11. The van der Waals surface area contributed by atoms with E-state index in [1.165, 1.54) is 0 Å². The third kappa shape index (κ3) is 5.63. The molecule has 4 rings (SSSR count). The van der Waals surface area contributed by atoms with Crippen molar-refractivity contribution in [2.75, 3.05) is 25.6 Å². The first-order valence-corrected chi connectivity index (χ1v) is 11.2. The van der Waals surface area contributed by atoms with Gasteiger partial charge in [-0.1, -0.05) is 13.8 Å². The van der Waals surface area contributed by atoms with Gasteiger partial charge in [-0.3, -0.25) is 9.59 Å². The van der Waals surface area contributed by atoms with Crippen molar-refractivity contribution in [1.29, 1.82) is 0 Å². The molecule has 0 saturated carbocycles. The molecule has 2 aliphatic heterocycles. The van der Waals surface area contributed by atoms with Gasteiger partial charge in [-0.2, -0.15) is 0 Å². The quantitative estimate of drug-likeness (QED) is 0.504. The number of nitrogens with zero attached hydrogens (tertiary/aromatic N) is 2. The molecule has 0 spiro atoms. The molecule has 1 aromatic heterocycles. The molecule has 2 saturated heterocycles. The number of methoxy groups -OCH3 is 1. The second-order valence-electron chi connectivity index (χ2n) is 9.43. The van der Waals surface area contributed by atoms with Crippen LogP contribution < -0.4 is 15.4 Å². The maximum atomic E-state index is 12.5. The van der Waals surface area contributed by atoms with Crippen LogP contribution in [0.4, 0.5) is 5.95 Å². The van der Waals surface area contributed by atoms with Crippen molar-refractivity contribution >= 4 is 17.8 Å². The minimum absolute atomic E-state index is 0.0777. The van der Waals surface area contributed by atoms with Crippen LogP contribution in [0.15, 0.2) is 36.5 Å². The summed E-state index contributed by atoms with van der Waals surface area (Å²) in [4.78, 5) is 32.5. The lowest BCUT2D eigenvalue weighted by molar-refractivity contribution is -0.139. The summed E-state index contributed by atoms with van der Waals surface area (Å²) >= 11 is 0. The Morgan fingerprint density at radius 3 is 2.44 bits per heavy atom. The van der Waals surface area contributed by atoms with E-state index in [4.69, 9.17) is 19.3 Å². The van der Waals surface area contributed by atoms with Gasteiger partial charge >= 0.3 is 5.97 Å². The maximum absolute atomic E-state index is 12.5. The molecule has 2 aliphatic rings. The van der Waals surface area contributed by atoms with E-state index in [0.29, 0.717) is 19.2 Å². The highest BCUT2D eigenvalue weighted by Crippen LogP contribution is 2.30. The Labute approximate surface area is 198 Å². The molecule has 0 radical (unpaired) electrons. The van der Waals surface area contributed by atoms with Crippen molar-refractivity contribution in [3.05, 3.63) is 36.5 Å². The molecular formula is C24H30N4O6. The van der Waals surface area contributed by atoms with E-state index in [0.717, 1.165) is 17.0 Å². The molecule has 10 heteroatoms. The zero-order chi connectivity index (χ0) is 24.3. The summed E-state index contributed by atoms with van der Waals surface area (Å²) in [6, 6.07) is 9.01. The van der Waals surface area contributed by atoms with Crippen molar-refractivity contribution in [2.45, 2.75) is 51.0 Å². The van der Waals surface area contributed by atoms with E-state index in [1.807, 2.05) is 30.3 Å². The molecular weight excluding hydrogens is 440 g/mol. The van der Waals surface area contributed by atoms with Crippen molar-refractivity contribution in [3.63, 3.8) is 0 Å². The third-order valence-electron chi connectivity index (χ3n) is 6.02. The van der Waals surface area contributed by atoms with Gasteiger partial charge in [0.15, 0.2) is 0 Å². The van der Waals surface area contributed by atoms with Gasteiger partial charge in [-0.25, -0.2) is 9.97 Å². The van der Waals surface area contributed by atoms with Crippen LogP contribution in [0.1, 0.15) is 26.7 Å². The molecule has 2 fully saturated rings. The van der Waals surface area contributed by atoms with Crippen LogP contribution in [-0.2, 0) is 19.1 Å². The van der Waals surface area contributed by atoms with Crippen LogP contribution in [0.25, 0.3) is 11.3 Å². The van der Waals surface area contributed by atoms with Crippen LogP contribution in [-0.4, -0.2) is 71.6 Å².